The molecule has 0 aliphatic heterocycles. The highest BCUT2D eigenvalue weighted by Gasteiger charge is 2.33. The van der Waals surface area contributed by atoms with Gasteiger partial charge < -0.3 is 4.43 Å². The molecule has 0 amide bonds. The summed E-state index contributed by atoms with van der Waals surface area (Å²) in [5, 5.41) is 0. The second kappa shape index (κ2) is 3.33. The molecule has 0 saturated heterocycles. The zero-order valence-electron chi connectivity index (χ0n) is 5.52. The first-order valence-corrected chi connectivity index (χ1v) is 7.47. The maximum atomic E-state index is 10.3. The van der Waals surface area contributed by atoms with E-state index in [2.05, 4.69) is 0 Å². The lowest BCUT2D eigenvalue weighted by atomic mass is 10.9. The zero-order chi connectivity index (χ0) is 6.62. The van der Waals surface area contributed by atoms with Crippen LogP contribution < -0.4 is 0 Å². The molecule has 2 nitrogen and oxygen atoms in total. The monoisotopic (exact) mass is 151 g/mol. The fourth-order valence-corrected chi connectivity index (χ4v) is 1.78. The first kappa shape index (κ1) is 8.28. The molecule has 0 aliphatic rings. The zero-order valence-corrected chi connectivity index (χ0v) is 7.52. The van der Waals surface area contributed by atoms with Crippen LogP contribution in [0.3, 0.4) is 0 Å². The summed E-state index contributed by atoms with van der Waals surface area (Å²) in [6.45, 7) is 6.51. The Morgan fingerprint density at radius 2 is 2.12 bits per heavy atom. The molecule has 0 spiro atoms. The summed E-state index contributed by atoms with van der Waals surface area (Å²) in [5.74, 6) is 0. The van der Waals surface area contributed by atoms with Crippen molar-refractivity contribution in [2.24, 2.45) is 0 Å². The maximum Gasteiger partial charge on any atom is 0.469 e. The molecule has 0 aromatic heterocycles. The lowest BCUT2D eigenvalue weighted by molar-refractivity contribution is 0.343. The van der Waals surface area contributed by atoms with Gasteiger partial charge in [0.05, 0.1) is 0 Å². The predicted molar refractivity (Wildman–Crippen MR) is 38.1 cm³/mol. The highest BCUT2D eigenvalue weighted by atomic mass is 31.3. The smallest absolute Gasteiger partial charge is 0.379 e. The van der Waals surface area contributed by atoms with Crippen LogP contribution in [-0.4, -0.2) is 14.6 Å². The quantitative estimate of drug-likeness (QED) is 0.453. The van der Waals surface area contributed by atoms with Gasteiger partial charge in [-0.25, -0.2) is 0 Å². The van der Waals surface area contributed by atoms with Gasteiger partial charge >= 0.3 is 7.98 Å². The van der Waals surface area contributed by atoms with E-state index in [1.807, 2.05) is 20.0 Å². The molecule has 0 fully saturated rings. The Morgan fingerprint density at radius 1 is 1.62 bits per heavy atom. The lowest BCUT2D eigenvalue weighted by Crippen LogP contribution is -2.21. The topological polar surface area (TPSA) is 26.3 Å². The van der Waals surface area contributed by atoms with Gasteiger partial charge in [-0.2, -0.15) is 0 Å². The van der Waals surface area contributed by atoms with Crippen LogP contribution in [0.15, 0.2) is 0 Å². The van der Waals surface area contributed by atoms with Crippen molar-refractivity contribution in [2.75, 3.05) is 6.61 Å². The van der Waals surface area contributed by atoms with Crippen molar-refractivity contribution < 1.29 is 8.99 Å². The average Bonchev–Trinajstić information content (AvgIpc) is 1.67. The van der Waals surface area contributed by atoms with Crippen LogP contribution in [0.2, 0.25) is 13.1 Å². The number of hydrogen-bond donors (Lipinski definition) is 0. The molecule has 8 heavy (non-hydrogen) atoms. The van der Waals surface area contributed by atoms with Crippen LogP contribution in [0.1, 0.15) is 6.92 Å². The molecule has 0 radical (unpaired) electrons. The Labute approximate surface area is 52.4 Å². The van der Waals surface area contributed by atoms with Gasteiger partial charge in [-0.3, -0.25) is 0 Å². The Bertz CT molecular complexity index is 84.1. The number of hydrogen-bond acceptors (Lipinski definition) is 2. The van der Waals surface area contributed by atoms with Crippen molar-refractivity contribution in [2.45, 2.75) is 20.0 Å². The van der Waals surface area contributed by atoms with Crippen molar-refractivity contribution in [3.63, 3.8) is 0 Å². The SMILES string of the molecule is CCO[Si](C)(C)[PH+]=O. The van der Waals surface area contributed by atoms with Gasteiger partial charge in [-0.15, -0.1) is 0 Å². The Balaban J connectivity index is 3.53. The normalized spacial score (nSPS) is 12.4. The second-order valence-electron chi connectivity index (χ2n) is 2.05. The van der Waals surface area contributed by atoms with Gasteiger partial charge in [0, 0.05) is 6.61 Å². The van der Waals surface area contributed by atoms with Gasteiger partial charge in [0.15, 0.2) is 0 Å². The van der Waals surface area contributed by atoms with E-state index in [0.29, 0.717) is 6.61 Å². The third kappa shape index (κ3) is 3.30. The minimum absolute atomic E-state index is 0.242. The molecule has 48 valence electrons. The average molecular weight is 151 g/mol. The Kier molecular flexibility index (Phi) is 3.45. The lowest BCUT2D eigenvalue weighted by Gasteiger charge is -2.02. The molecule has 1 atom stereocenters. The van der Waals surface area contributed by atoms with Crippen LogP contribution >= 0.6 is 8.01 Å². The van der Waals surface area contributed by atoms with Gasteiger partial charge in [0.1, 0.15) is 0 Å². The summed E-state index contributed by atoms with van der Waals surface area (Å²) in [4.78, 5) is 0. The van der Waals surface area contributed by atoms with Crippen molar-refractivity contribution in [1.29, 1.82) is 0 Å². The van der Waals surface area contributed by atoms with E-state index in [4.69, 9.17) is 4.43 Å². The molecular formula is C4H12O2PSi+. The molecule has 4 heteroatoms. The summed E-state index contributed by atoms with van der Waals surface area (Å²) in [7, 11) is -1.95. The van der Waals surface area contributed by atoms with Crippen molar-refractivity contribution >= 4 is 16.0 Å². The minimum atomic E-state index is -1.71. The van der Waals surface area contributed by atoms with Crippen molar-refractivity contribution in [1.82, 2.24) is 0 Å². The molecule has 0 heterocycles. The maximum absolute atomic E-state index is 10.3. The van der Waals surface area contributed by atoms with Gasteiger partial charge in [-0.05, 0) is 20.0 Å². The van der Waals surface area contributed by atoms with E-state index < -0.39 is 7.98 Å². The first-order chi connectivity index (χ1) is 3.62. The third-order valence-corrected chi connectivity index (χ3v) is 4.16. The molecule has 0 bridgehead atoms. The molecule has 0 aromatic carbocycles. The summed E-state index contributed by atoms with van der Waals surface area (Å²) < 4.78 is 15.5. The molecule has 0 saturated carbocycles. The molecule has 1 unspecified atom stereocenters. The minimum Gasteiger partial charge on any atom is -0.379 e. The summed E-state index contributed by atoms with van der Waals surface area (Å²) in [6.07, 6.45) is 0. The van der Waals surface area contributed by atoms with Crippen LogP contribution in [0.25, 0.3) is 0 Å². The highest BCUT2D eigenvalue weighted by Crippen LogP contribution is 2.16. The van der Waals surface area contributed by atoms with Gasteiger partial charge in [-0.1, -0.05) is 4.57 Å². The fraction of sp³-hybridized carbons (Fsp3) is 1.00. The Morgan fingerprint density at radius 3 is 2.25 bits per heavy atom. The van der Waals surface area contributed by atoms with Gasteiger partial charge in [0.2, 0.25) is 0 Å². The third-order valence-electron chi connectivity index (χ3n) is 0.751. The number of rotatable bonds is 3. The van der Waals surface area contributed by atoms with E-state index in [0.717, 1.165) is 0 Å². The summed E-state index contributed by atoms with van der Waals surface area (Å²) in [5.41, 5.74) is 0. The van der Waals surface area contributed by atoms with E-state index in [9.17, 15) is 4.57 Å². The first-order valence-electron chi connectivity index (χ1n) is 2.65. The van der Waals surface area contributed by atoms with Crippen LogP contribution in [0.4, 0.5) is 0 Å². The highest BCUT2D eigenvalue weighted by molar-refractivity contribution is 7.71. The molecule has 0 rings (SSSR count). The largest absolute Gasteiger partial charge is 0.469 e. The van der Waals surface area contributed by atoms with E-state index in [1.165, 1.54) is 0 Å². The Hall–Kier alpha value is 0.277. The van der Waals surface area contributed by atoms with Crippen LogP contribution in [-0.2, 0) is 8.99 Å². The van der Waals surface area contributed by atoms with Crippen LogP contribution in [0, 0.1) is 0 Å². The van der Waals surface area contributed by atoms with Crippen molar-refractivity contribution in [3.05, 3.63) is 0 Å². The van der Waals surface area contributed by atoms with Gasteiger partial charge in [0.25, 0.3) is 8.01 Å². The second-order valence-corrected chi connectivity index (χ2v) is 9.78. The predicted octanol–water partition coefficient (Wildman–Crippen LogP) is 1.75. The molecule has 0 aromatic rings. The van der Waals surface area contributed by atoms with Crippen LogP contribution in [0.5, 0.6) is 0 Å². The summed E-state index contributed by atoms with van der Waals surface area (Å²) in [6, 6.07) is 0. The van der Waals surface area contributed by atoms with E-state index >= 15 is 0 Å². The molecular weight excluding hydrogens is 139 g/mol. The van der Waals surface area contributed by atoms with E-state index in [1.54, 1.807) is 0 Å². The fourth-order valence-electron chi connectivity index (χ4n) is 0.390. The van der Waals surface area contributed by atoms with Crippen molar-refractivity contribution in [3.8, 4) is 0 Å². The molecule has 0 N–H and O–H groups in total. The van der Waals surface area contributed by atoms with E-state index in [-0.39, 0.29) is 8.01 Å². The summed E-state index contributed by atoms with van der Waals surface area (Å²) >= 11 is 0. The molecule has 0 aliphatic carbocycles. The standard InChI is InChI=1S/C4H12O2PSi/c1-4-6-8(2,3)7-5/h7H,4H2,1-3H3/q+1.